The summed E-state index contributed by atoms with van der Waals surface area (Å²) >= 11 is 0. The lowest BCUT2D eigenvalue weighted by Crippen LogP contribution is -2.48. The first-order valence-electron chi connectivity index (χ1n) is 9.87. The maximum absolute atomic E-state index is 12.8. The summed E-state index contributed by atoms with van der Waals surface area (Å²) in [6.07, 6.45) is -4.33. The van der Waals surface area contributed by atoms with Crippen molar-refractivity contribution in [2.24, 2.45) is 10.9 Å². The molecule has 1 atom stereocenters. The predicted molar refractivity (Wildman–Crippen MR) is 123 cm³/mol. The van der Waals surface area contributed by atoms with Crippen molar-refractivity contribution in [2.75, 3.05) is 52.9 Å². The van der Waals surface area contributed by atoms with Crippen LogP contribution in [-0.2, 0) is 12.7 Å². The van der Waals surface area contributed by atoms with E-state index in [2.05, 4.69) is 39.3 Å². The van der Waals surface area contributed by atoms with Crippen molar-refractivity contribution in [3.63, 3.8) is 0 Å². The molecule has 1 saturated heterocycles. The summed E-state index contributed by atoms with van der Waals surface area (Å²) in [5.74, 6) is 1.04. The van der Waals surface area contributed by atoms with Crippen molar-refractivity contribution in [3.8, 4) is 0 Å². The lowest BCUT2D eigenvalue weighted by atomic mass is 10.1. The zero-order chi connectivity index (χ0) is 20.6. The van der Waals surface area contributed by atoms with E-state index < -0.39 is 11.7 Å². The molecule has 0 spiro atoms. The minimum absolute atomic E-state index is 0. The lowest BCUT2D eigenvalue weighted by molar-refractivity contribution is -0.137. The second-order valence-corrected chi connectivity index (χ2v) is 7.34. The van der Waals surface area contributed by atoms with Crippen LogP contribution in [0.1, 0.15) is 25.0 Å². The molecule has 0 aromatic heterocycles. The van der Waals surface area contributed by atoms with Crippen molar-refractivity contribution < 1.29 is 13.2 Å². The van der Waals surface area contributed by atoms with Gasteiger partial charge in [0.15, 0.2) is 5.96 Å². The number of likely N-dealkylation sites (N-methyl/N-ethyl adjacent to an activating group) is 1. The normalized spacial score (nSPS) is 17.5. The second kappa shape index (κ2) is 12.6. The lowest BCUT2D eigenvalue weighted by Gasteiger charge is -2.35. The molecule has 1 aromatic carbocycles. The molecule has 9 heteroatoms. The Labute approximate surface area is 189 Å². The van der Waals surface area contributed by atoms with Crippen LogP contribution in [-0.4, -0.2) is 68.6 Å². The molecule has 2 N–H and O–H groups in total. The molecule has 2 rings (SSSR count). The molecule has 0 aliphatic carbocycles. The Morgan fingerprint density at radius 3 is 2.38 bits per heavy atom. The van der Waals surface area contributed by atoms with Crippen LogP contribution in [0.3, 0.4) is 0 Å². The van der Waals surface area contributed by atoms with Gasteiger partial charge >= 0.3 is 6.18 Å². The second-order valence-electron chi connectivity index (χ2n) is 7.34. The summed E-state index contributed by atoms with van der Waals surface area (Å²) in [5, 5.41) is 6.36. The van der Waals surface area contributed by atoms with Gasteiger partial charge in [0, 0.05) is 52.9 Å². The molecule has 1 unspecified atom stereocenters. The van der Waals surface area contributed by atoms with Gasteiger partial charge in [-0.1, -0.05) is 26.0 Å². The molecular weight excluding hydrogens is 494 g/mol. The highest BCUT2D eigenvalue weighted by atomic mass is 127. The number of halogens is 4. The number of nitrogens with one attached hydrogen (secondary N) is 2. The Kier molecular flexibility index (Phi) is 11.3. The van der Waals surface area contributed by atoms with Crippen molar-refractivity contribution in [2.45, 2.75) is 26.6 Å². The number of hydrogen-bond acceptors (Lipinski definition) is 3. The Morgan fingerprint density at radius 1 is 1.14 bits per heavy atom. The summed E-state index contributed by atoms with van der Waals surface area (Å²) in [6, 6.07) is 5.35. The van der Waals surface area contributed by atoms with Gasteiger partial charge in [-0.3, -0.25) is 4.99 Å². The smallest absolute Gasteiger partial charge is 0.356 e. The van der Waals surface area contributed by atoms with Crippen LogP contribution in [0.25, 0.3) is 0 Å². The van der Waals surface area contributed by atoms with Crippen LogP contribution in [0.15, 0.2) is 29.3 Å². The quantitative estimate of drug-likeness (QED) is 0.325. The largest absolute Gasteiger partial charge is 0.416 e. The van der Waals surface area contributed by atoms with E-state index in [-0.39, 0.29) is 30.5 Å². The van der Waals surface area contributed by atoms with E-state index in [0.29, 0.717) is 17.4 Å². The molecule has 0 saturated carbocycles. The molecule has 1 aliphatic heterocycles. The minimum atomic E-state index is -4.33. The third-order valence-corrected chi connectivity index (χ3v) is 5.04. The van der Waals surface area contributed by atoms with Crippen LogP contribution in [0, 0.1) is 5.92 Å². The van der Waals surface area contributed by atoms with Gasteiger partial charge in [0.1, 0.15) is 0 Å². The van der Waals surface area contributed by atoms with E-state index >= 15 is 0 Å². The molecule has 1 heterocycles. The van der Waals surface area contributed by atoms with E-state index in [9.17, 15) is 13.2 Å². The van der Waals surface area contributed by atoms with E-state index in [0.717, 1.165) is 51.9 Å². The van der Waals surface area contributed by atoms with Gasteiger partial charge in [0.2, 0.25) is 0 Å². The van der Waals surface area contributed by atoms with E-state index in [1.165, 1.54) is 12.1 Å². The van der Waals surface area contributed by atoms with Gasteiger partial charge in [-0.05, 0) is 30.2 Å². The SMILES string of the molecule is CCN1CCN(CC(C)CNC(=NC)NCc2cccc(C(F)(F)F)c2)CC1.I. The third kappa shape index (κ3) is 9.08. The molecule has 0 radical (unpaired) electrons. The number of nitrogens with zero attached hydrogens (tertiary/aromatic N) is 3. The Morgan fingerprint density at radius 2 is 1.79 bits per heavy atom. The van der Waals surface area contributed by atoms with Gasteiger partial charge in [0.25, 0.3) is 0 Å². The van der Waals surface area contributed by atoms with Crippen molar-refractivity contribution in [3.05, 3.63) is 35.4 Å². The average molecular weight is 527 g/mol. The molecule has 5 nitrogen and oxygen atoms in total. The number of hydrogen-bond donors (Lipinski definition) is 2. The maximum atomic E-state index is 12.8. The molecule has 29 heavy (non-hydrogen) atoms. The van der Waals surface area contributed by atoms with Crippen molar-refractivity contribution in [1.29, 1.82) is 0 Å². The fraction of sp³-hybridized carbons (Fsp3) is 0.650. The highest BCUT2D eigenvalue weighted by Crippen LogP contribution is 2.29. The summed E-state index contributed by atoms with van der Waals surface area (Å²) < 4.78 is 38.4. The number of guanidine groups is 1. The highest BCUT2D eigenvalue weighted by molar-refractivity contribution is 14.0. The number of aliphatic imine (C=N–C) groups is 1. The van der Waals surface area contributed by atoms with Crippen LogP contribution in [0.4, 0.5) is 13.2 Å². The molecule has 166 valence electrons. The minimum Gasteiger partial charge on any atom is -0.356 e. The van der Waals surface area contributed by atoms with Gasteiger partial charge in [-0.15, -0.1) is 24.0 Å². The molecule has 1 fully saturated rings. The fourth-order valence-corrected chi connectivity index (χ4v) is 3.33. The number of piperazine rings is 1. The Bertz CT molecular complexity index is 631. The summed E-state index contributed by atoms with van der Waals surface area (Å²) in [4.78, 5) is 9.11. The van der Waals surface area contributed by atoms with E-state index in [1.807, 2.05) is 0 Å². The first-order chi connectivity index (χ1) is 13.3. The zero-order valence-corrected chi connectivity index (χ0v) is 19.8. The van der Waals surface area contributed by atoms with Gasteiger partial charge < -0.3 is 20.4 Å². The monoisotopic (exact) mass is 527 g/mol. The van der Waals surface area contributed by atoms with Crippen LogP contribution in [0.5, 0.6) is 0 Å². The Balaban J connectivity index is 0.00000420. The first kappa shape index (κ1) is 26.0. The van der Waals surface area contributed by atoms with Gasteiger partial charge in [-0.2, -0.15) is 13.2 Å². The Hall–Kier alpha value is -1.07. The summed E-state index contributed by atoms with van der Waals surface area (Å²) in [6.45, 7) is 12.0. The highest BCUT2D eigenvalue weighted by Gasteiger charge is 2.30. The standard InChI is InChI=1S/C20H32F3N5.HI/c1-4-27-8-10-28(11-9-27)15-16(2)13-25-19(24-3)26-14-17-6-5-7-18(12-17)20(21,22)23;/h5-7,12,16H,4,8-11,13-15H2,1-3H3,(H2,24,25,26);1H. The topological polar surface area (TPSA) is 42.9 Å². The maximum Gasteiger partial charge on any atom is 0.416 e. The molecular formula is C20H33F3IN5. The van der Waals surface area contributed by atoms with E-state index in [4.69, 9.17) is 0 Å². The molecule has 1 aromatic rings. The van der Waals surface area contributed by atoms with Gasteiger partial charge in [0.05, 0.1) is 5.56 Å². The summed E-state index contributed by atoms with van der Waals surface area (Å²) in [7, 11) is 1.66. The number of rotatable bonds is 7. The third-order valence-electron chi connectivity index (χ3n) is 5.04. The number of benzene rings is 1. The molecule has 0 bridgehead atoms. The first-order valence-corrected chi connectivity index (χ1v) is 9.87. The molecule has 0 amide bonds. The van der Waals surface area contributed by atoms with Crippen molar-refractivity contribution in [1.82, 2.24) is 20.4 Å². The average Bonchev–Trinajstić information content (AvgIpc) is 2.68. The van der Waals surface area contributed by atoms with Crippen LogP contribution >= 0.6 is 24.0 Å². The predicted octanol–water partition coefficient (Wildman–Crippen LogP) is 3.26. The summed E-state index contributed by atoms with van der Waals surface area (Å²) in [5.41, 5.74) is -0.0637. The fourth-order valence-electron chi connectivity index (χ4n) is 3.33. The van der Waals surface area contributed by atoms with Crippen molar-refractivity contribution >= 4 is 29.9 Å². The van der Waals surface area contributed by atoms with Crippen LogP contribution in [0.2, 0.25) is 0 Å². The van der Waals surface area contributed by atoms with Gasteiger partial charge in [-0.25, -0.2) is 0 Å². The van der Waals surface area contributed by atoms with Crippen LogP contribution < -0.4 is 10.6 Å². The van der Waals surface area contributed by atoms with E-state index in [1.54, 1.807) is 13.1 Å². The molecule has 1 aliphatic rings. The number of alkyl halides is 3. The zero-order valence-electron chi connectivity index (χ0n) is 17.4.